The van der Waals surface area contributed by atoms with Crippen LogP contribution in [0, 0.1) is 19.8 Å². The molecule has 1 unspecified atom stereocenters. The van der Waals surface area contributed by atoms with Crippen LogP contribution in [0.4, 0.5) is 0 Å². The van der Waals surface area contributed by atoms with Crippen molar-refractivity contribution in [2.75, 3.05) is 26.2 Å². The van der Waals surface area contributed by atoms with Crippen molar-refractivity contribution in [3.8, 4) is 0 Å². The third-order valence-corrected chi connectivity index (χ3v) is 5.47. The third kappa shape index (κ3) is 4.83. The average Bonchev–Trinajstić information content (AvgIpc) is 3.14. The molecule has 0 radical (unpaired) electrons. The Hall–Kier alpha value is -2.55. The van der Waals surface area contributed by atoms with Crippen LogP contribution < -0.4 is 11.1 Å². The van der Waals surface area contributed by atoms with Crippen molar-refractivity contribution in [2.24, 2.45) is 11.7 Å². The predicted molar refractivity (Wildman–Crippen MR) is 105 cm³/mol. The molecular weight excluding hydrogens is 358 g/mol. The van der Waals surface area contributed by atoms with Gasteiger partial charge in [0.2, 0.25) is 11.8 Å². The van der Waals surface area contributed by atoms with Gasteiger partial charge in [-0.25, -0.2) is 9.50 Å². The Balaban J connectivity index is 1.40. The normalized spacial score (nSPS) is 17.7. The molecule has 152 valence electrons. The van der Waals surface area contributed by atoms with E-state index in [2.05, 4.69) is 25.3 Å². The molecule has 1 aliphatic heterocycles. The molecule has 0 saturated carbocycles. The molecule has 1 saturated heterocycles. The van der Waals surface area contributed by atoms with E-state index in [1.165, 1.54) is 6.33 Å². The van der Waals surface area contributed by atoms with Crippen molar-refractivity contribution in [1.82, 2.24) is 29.8 Å². The van der Waals surface area contributed by atoms with Gasteiger partial charge in [-0.2, -0.15) is 10.1 Å². The number of piperidine rings is 1. The molecule has 3 rings (SSSR count). The highest BCUT2D eigenvalue weighted by Gasteiger charge is 2.23. The van der Waals surface area contributed by atoms with E-state index in [0.29, 0.717) is 25.2 Å². The number of nitrogens with one attached hydrogen (secondary N) is 1. The number of likely N-dealkylation sites (tertiary alicyclic amines) is 1. The monoisotopic (exact) mass is 387 g/mol. The number of carbonyl (C=O) groups excluding carboxylic acids is 2. The molecule has 2 aromatic rings. The van der Waals surface area contributed by atoms with Crippen molar-refractivity contribution < 1.29 is 9.59 Å². The maximum Gasteiger partial charge on any atom is 0.252 e. The first kappa shape index (κ1) is 20.2. The van der Waals surface area contributed by atoms with Crippen molar-refractivity contribution >= 4 is 17.6 Å². The quantitative estimate of drug-likeness (QED) is 0.632. The first-order valence-corrected chi connectivity index (χ1v) is 9.90. The average molecular weight is 387 g/mol. The van der Waals surface area contributed by atoms with E-state index in [-0.39, 0.29) is 17.7 Å². The lowest BCUT2D eigenvalue weighted by Crippen LogP contribution is -2.42. The van der Waals surface area contributed by atoms with Crippen LogP contribution in [0.25, 0.3) is 5.78 Å². The van der Waals surface area contributed by atoms with Gasteiger partial charge in [-0.3, -0.25) is 9.59 Å². The van der Waals surface area contributed by atoms with E-state index >= 15 is 0 Å². The summed E-state index contributed by atoms with van der Waals surface area (Å²) in [5, 5.41) is 7.16. The van der Waals surface area contributed by atoms with E-state index in [0.717, 1.165) is 55.8 Å². The zero-order valence-corrected chi connectivity index (χ0v) is 16.6. The second kappa shape index (κ2) is 9.09. The van der Waals surface area contributed by atoms with Crippen LogP contribution in [0.3, 0.4) is 0 Å². The molecule has 0 aliphatic carbocycles. The summed E-state index contributed by atoms with van der Waals surface area (Å²) in [6, 6.07) is 0. The Bertz CT molecular complexity index is 848. The van der Waals surface area contributed by atoms with E-state index in [4.69, 9.17) is 5.73 Å². The summed E-state index contributed by atoms with van der Waals surface area (Å²) in [5.41, 5.74) is 8.32. The minimum absolute atomic E-state index is 0.0335. The van der Waals surface area contributed by atoms with Gasteiger partial charge in [0.1, 0.15) is 6.33 Å². The van der Waals surface area contributed by atoms with Crippen molar-refractivity contribution in [1.29, 1.82) is 0 Å². The van der Waals surface area contributed by atoms with Crippen LogP contribution in [-0.2, 0) is 16.0 Å². The lowest BCUT2D eigenvalue weighted by atomic mass is 9.97. The summed E-state index contributed by atoms with van der Waals surface area (Å²) in [4.78, 5) is 34.4. The fraction of sp³-hybridized carbons (Fsp3) is 0.632. The SMILES string of the molecule is Cc1nc2ncnn2c(C)c1CCC(=O)NCCCN1CCCC(C(N)=O)C1. The summed E-state index contributed by atoms with van der Waals surface area (Å²) in [5.74, 6) is 0.374. The van der Waals surface area contributed by atoms with Gasteiger partial charge in [0, 0.05) is 30.9 Å². The molecule has 1 aliphatic rings. The number of fused-ring (bicyclic) bond motifs is 1. The van der Waals surface area contributed by atoms with Gasteiger partial charge in [0.15, 0.2) is 0 Å². The third-order valence-electron chi connectivity index (χ3n) is 5.47. The number of nitrogens with two attached hydrogens (primary N) is 1. The standard InChI is InChI=1S/C19H29N7O2/c1-13-16(14(2)26-19(24-13)22-12-23-26)6-7-17(27)21-8-4-10-25-9-3-5-15(11-25)18(20)28/h12,15H,3-11H2,1-2H3,(H2,20,28)(H,21,27). The number of aryl methyl sites for hydroxylation is 2. The smallest absolute Gasteiger partial charge is 0.252 e. The highest BCUT2D eigenvalue weighted by molar-refractivity contribution is 5.77. The highest BCUT2D eigenvalue weighted by Crippen LogP contribution is 2.16. The van der Waals surface area contributed by atoms with Crippen molar-refractivity contribution in [3.63, 3.8) is 0 Å². The zero-order chi connectivity index (χ0) is 20.1. The van der Waals surface area contributed by atoms with Crippen LogP contribution in [0.5, 0.6) is 0 Å². The molecule has 1 atom stereocenters. The molecule has 1 fully saturated rings. The van der Waals surface area contributed by atoms with Gasteiger partial charge in [0.25, 0.3) is 5.78 Å². The molecule has 0 spiro atoms. The summed E-state index contributed by atoms with van der Waals surface area (Å²) in [7, 11) is 0. The zero-order valence-electron chi connectivity index (χ0n) is 16.6. The molecule has 3 heterocycles. The van der Waals surface area contributed by atoms with E-state index < -0.39 is 0 Å². The number of aromatic nitrogens is 4. The Labute approximate surface area is 164 Å². The summed E-state index contributed by atoms with van der Waals surface area (Å²) >= 11 is 0. The molecule has 2 aromatic heterocycles. The number of carbonyl (C=O) groups is 2. The number of nitrogens with zero attached hydrogens (tertiary/aromatic N) is 5. The van der Waals surface area contributed by atoms with E-state index in [1.54, 1.807) is 4.52 Å². The summed E-state index contributed by atoms with van der Waals surface area (Å²) < 4.78 is 1.71. The number of hydrogen-bond donors (Lipinski definition) is 2. The number of rotatable bonds is 8. The van der Waals surface area contributed by atoms with Crippen molar-refractivity contribution in [2.45, 2.75) is 46.0 Å². The van der Waals surface area contributed by atoms with E-state index in [9.17, 15) is 9.59 Å². The second-order valence-electron chi connectivity index (χ2n) is 7.48. The maximum atomic E-state index is 12.2. The molecule has 3 N–H and O–H groups in total. The lowest BCUT2D eigenvalue weighted by molar-refractivity contribution is -0.123. The molecular formula is C19H29N7O2. The van der Waals surface area contributed by atoms with Gasteiger partial charge < -0.3 is 16.0 Å². The first-order valence-electron chi connectivity index (χ1n) is 9.90. The number of amides is 2. The van der Waals surface area contributed by atoms with Gasteiger partial charge in [-0.1, -0.05) is 0 Å². The van der Waals surface area contributed by atoms with Crippen LogP contribution in [0.1, 0.15) is 42.6 Å². The van der Waals surface area contributed by atoms with Crippen LogP contribution in [-0.4, -0.2) is 62.5 Å². The second-order valence-corrected chi connectivity index (χ2v) is 7.48. The fourth-order valence-electron chi connectivity index (χ4n) is 3.87. The molecule has 9 heteroatoms. The predicted octanol–water partition coefficient (Wildman–Crippen LogP) is 0.377. The van der Waals surface area contributed by atoms with Crippen LogP contribution in [0.15, 0.2) is 6.33 Å². The molecule has 28 heavy (non-hydrogen) atoms. The Morgan fingerprint density at radius 2 is 2.18 bits per heavy atom. The first-order chi connectivity index (χ1) is 13.5. The van der Waals surface area contributed by atoms with Crippen LogP contribution in [0.2, 0.25) is 0 Å². The number of primary amides is 1. The highest BCUT2D eigenvalue weighted by atomic mass is 16.2. The molecule has 2 amide bonds. The molecule has 9 nitrogen and oxygen atoms in total. The summed E-state index contributed by atoms with van der Waals surface area (Å²) in [6.45, 7) is 7.14. The van der Waals surface area contributed by atoms with Gasteiger partial charge in [-0.05, 0) is 58.2 Å². The maximum absolute atomic E-state index is 12.2. The lowest BCUT2D eigenvalue weighted by Gasteiger charge is -2.31. The topological polar surface area (TPSA) is 119 Å². The fourth-order valence-corrected chi connectivity index (χ4v) is 3.87. The Morgan fingerprint density at radius 3 is 2.96 bits per heavy atom. The Morgan fingerprint density at radius 1 is 1.36 bits per heavy atom. The van der Waals surface area contributed by atoms with E-state index in [1.807, 2.05) is 13.8 Å². The minimum atomic E-state index is -0.206. The largest absolute Gasteiger partial charge is 0.369 e. The van der Waals surface area contributed by atoms with Gasteiger partial charge in [-0.15, -0.1) is 0 Å². The Kier molecular flexibility index (Phi) is 6.56. The van der Waals surface area contributed by atoms with Gasteiger partial charge in [0.05, 0.1) is 5.92 Å². The number of hydrogen-bond acceptors (Lipinski definition) is 6. The van der Waals surface area contributed by atoms with Crippen LogP contribution >= 0.6 is 0 Å². The van der Waals surface area contributed by atoms with Crippen molar-refractivity contribution in [3.05, 3.63) is 23.3 Å². The molecule has 0 bridgehead atoms. The van der Waals surface area contributed by atoms with Gasteiger partial charge >= 0.3 is 0 Å². The minimum Gasteiger partial charge on any atom is -0.369 e. The summed E-state index contributed by atoms with van der Waals surface area (Å²) in [6.07, 6.45) is 5.27. The molecule has 0 aromatic carbocycles.